The third-order valence-corrected chi connectivity index (χ3v) is 4.12. The van der Waals surface area contributed by atoms with Crippen molar-refractivity contribution in [3.8, 4) is 10.6 Å². The van der Waals surface area contributed by atoms with E-state index in [0.717, 1.165) is 35.3 Å². The smallest absolute Gasteiger partial charge is 0.131 e. The molecule has 6 heteroatoms. The van der Waals surface area contributed by atoms with E-state index in [1.807, 2.05) is 31.3 Å². The maximum Gasteiger partial charge on any atom is 0.131 e. The van der Waals surface area contributed by atoms with Crippen LogP contribution in [-0.2, 0) is 6.42 Å². The lowest BCUT2D eigenvalue weighted by Gasteiger charge is -2.05. The third kappa shape index (κ3) is 3.59. The molecule has 2 N–H and O–H groups in total. The lowest BCUT2D eigenvalue weighted by molar-refractivity contribution is 0.966. The minimum atomic E-state index is 0.790. The van der Waals surface area contributed by atoms with Gasteiger partial charge in [0.2, 0.25) is 0 Å². The van der Waals surface area contributed by atoms with Crippen molar-refractivity contribution in [1.29, 1.82) is 0 Å². The molecular formula is C16H17N5S. The summed E-state index contributed by atoms with van der Waals surface area (Å²) in [5.41, 5.74) is 2.26. The standard InChI is InChI=1S/C16H17N5S/c1-17-14-9-15(20-11-19-14)18-8-7-13-10-22-16(21-13)12-5-3-2-4-6-12/h2-6,9-11H,7-8H2,1H3,(H2,17,18,19,20). The van der Waals surface area contributed by atoms with Crippen molar-refractivity contribution in [2.24, 2.45) is 0 Å². The van der Waals surface area contributed by atoms with Crippen LogP contribution in [-0.4, -0.2) is 28.5 Å². The molecule has 2 aromatic heterocycles. The fourth-order valence-electron chi connectivity index (χ4n) is 2.04. The zero-order chi connectivity index (χ0) is 15.2. The van der Waals surface area contributed by atoms with Gasteiger partial charge in [-0.05, 0) is 0 Å². The molecular weight excluding hydrogens is 294 g/mol. The highest BCUT2D eigenvalue weighted by molar-refractivity contribution is 7.13. The highest BCUT2D eigenvalue weighted by Gasteiger charge is 2.04. The van der Waals surface area contributed by atoms with Crippen molar-refractivity contribution in [2.75, 3.05) is 24.2 Å². The number of hydrogen-bond donors (Lipinski definition) is 2. The van der Waals surface area contributed by atoms with Crippen LogP contribution in [0.1, 0.15) is 5.69 Å². The van der Waals surface area contributed by atoms with Gasteiger partial charge in [0.1, 0.15) is 23.0 Å². The second kappa shape index (κ2) is 7.00. The Labute approximate surface area is 133 Å². The molecule has 0 fully saturated rings. The molecule has 5 nitrogen and oxygen atoms in total. The molecule has 1 aromatic carbocycles. The first-order valence-electron chi connectivity index (χ1n) is 7.08. The lowest BCUT2D eigenvalue weighted by atomic mass is 10.2. The molecule has 0 amide bonds. The highest BCUT2D eigenvalue weighted by Crippen LogP contribution is 2.23. The van der Waals surface area contributed by atoms with Crippen molar-refractivity contribution in [3.05, 3.63) is 53.8 Å². The number of nitrogens with one attached hydrogen (secondary N) is 2. The van der Waals surface area contributed by atoms with E-state index in [4.69, 9.17) is 0 Å². The molecule has 3 aromatic rings. The van der Waals surface area contributed by atoms with Gasteiger partial charge in [-0.25, -0.2) is 15.0 Å². The minimum Gasteiger partial charge on any atom is -0.373 e. The zero-order valence-corrected chi connectivity index (χ0v) is 13.1. The average Bonchev–Trinajstić information content (AvgIpc) is 3.05. The Hall–Kier alpha value is -2.47. The van der Waals surface area contributed by atoms with E-state index in [1.54, 1.807) is 17.7 Å². The lowest BCUT2D eigenvalue weighted by Crippen LogP contribution is -2.07. The molecule has 0 unspecified atom stereocenters. The molecule has 0 radical (unpaired) electrons. The number of anilines is 2. The van der Waals surface area contributed by atoms with Crippen molar-refractivity contribution in [1.82, 2.24) is 15.0 Å². The van der Waals surface area contributed by atoms with E-state index in [2.05, 4.69) is 43.1 Å². The molecule has 0 aliphatic rings. The second-order valence-corrected chi connectivity index (χ2v) is 5.58. The summed E-state index contributed by atoms with van der Waals surface area (Å²) in [6.07, 6.45) is 2.41. The van der Waals surface area contributed by atoms with Gasteiger partial charge in [0.05, 0.1) is 5.69 Å². The SMILES string of the molecule is CNc1cc(NCCc2csc(-c3ccccc3)n2)ncn1. The predicted molar refractivity (Wildman–Crippen MR) is 91.3 cm³/mol. The third-order valence-electron chi connectivity index (χ3n) is 3.18. The van der Waals surface area contributed by atoms with Crippen molar-refractivity contribution >= 4 is 23.0 Å². The Morgan fingerprint density at radius 3 is 2.73 bits per heavy atom. The van der Waals surface area contributed by atoms with Crippen LogP contribution in [0.5, 0.6) is 0 Å². The summed E-state index contributed by atoms with van der Waals surface area (Å²) < 4.78 is 0. The van der Waals surface area contributed by atoms with Gasteiger partial charge in [0.25, 0.3) is 0 Å². The van der Waals surface area contributed by atoms with Crippen molar-refractivity contribution in [3.63, 3.8) is 0 Å². The van der Waals surface area contributed by atoms with Crippen LogP contribution < -0.4 is 10.6 Å². The molecule has 0 spiro atoms. The first-order chi connectivity index (χ1) is 10.8. The minimum absolute atomic E-state index is 0.790. The molecule has 0 aliphatic heterocycles. The Morgan fingerprint density at radius 2 is 1.91 bits per heavy atom. The number of benzene rings is 1. The van der Waals surface area contributed by atoms with Crippen LogP contribution in [0.4, 0.5) is 11.6 Å². The average molecular weight is 311 g/mol. The van der Waals surface area contributed by atoms with Gasteiger partial charge in [-0.3, -0.25) is 0 Å². The molecule has 0 saturated carbocycles. The van der Waals surface area contributed by atoms with Gasteiger partial charge < -0.3 is 10.6 Å². The Morgan fingerprint density at radius 1 is 1.09 bits per heavy atom. The maximum absolute atomic E-state index is 4.68. The molecule has 0 atom stereocenters. The fourth-order valence-corrected chi connectivity index (χ4v) is 2.90. The number of aromatic nitrogens is 3. The summed E-state index contributed by atoms with van der Waals surface area (Å²) in [6.45, 7) is 0.790. The first-order valence-corrected chi connectivity index (χ1v) is 7.96. The summed E-state index contributed by atoms with van der Waals surface area (Å²) in [6, 6.07) is 12.1. The topological polar surface area (TPSA) is 62.7 Å². The molecule has 3 rings (SSSR count). The Bertz CT molecular complexity index is 726. The van der Waals surface area contributed by atoms with E-state index in [-0.39, 0.29) is 0 Å². The van der Waals surface area contributed by atoms with E-state index >= 15 is 0 Å². The summed E-state index contributed by atoms with van der Waals surface area (Å²) >= 11 is 1.68. The number of rotatable bonds is 6. The van der Waals surface area contributed by atoms with Crippen LogP contribution in [0.15, 0.2) is 48.1 Å². The van der Waals surface area contributed by atoms with Gasteiger partial charge in [0.15, 0.2) is 0 Å². The number of thiazole rings is 1. The highest BCUT2D eigenvalue weighted by atomic mass is 32.1. The van der Waals surface area contributed by atoms with Gasteiger partial charge >= 0.3 is 0 Å². The van der Waals surface area contributed by atoms with Crippen molar-refractivity contribution in [2.45, 2.75) is 6.42 Å². The molecule has 0 saturated heterocycles. The summed E-state index contributed by atoms with van der Waals surface area (Å²) in [7, 11) is 1.84. The Balaban J connectivity index is 1.57. The van der Waals surface area contributed by atoms with Crippen LogP contribution in [0.25, 0.3) is 10.6 Å². The zero-order valence-electron chi connectivity index (χ0n) is 12.3. The van der Waals surface area contributed by atoms with Gasteiger partial charge in [-0.1, -0.05) is 30.3 Å². The maximum atomic E-state index is 4.68. The molecule has 22 heavy (non-hydrogen) atoms. The molecule has 0 bridgehead atoms. The van der Waals surface area contributed by atoms with Gasteiger partial charge in [-0.2, -0.15) is 0 Å². The Kier molecular flexibility index (Phi) is 4.60. The van der Waals surface area contributed by atoms with E-state index < -0.39 is 0 Å². The normalized spacial score (nSPS) is 10.4. The number of hydrogen-bond acceptors (Lipinski definition) is 6. The van der Waals surface area contributed by atoms with E-state index in [0.29, 0.717) is 0 Å². The van der Waals surface area contributed by atoms with E-state index in [1.165, 1.54) is 5.56 Å². The van der Waals surface area contributed by atoms with Crippen molar-refractivity contribution < 1.29 is 0 Å². The summed E-state index contributed by atoms with van der Waals surface area (Å²) in [4.78, 5) is 13.0. The van der Waals surface area contributed by atoms with E-state index in [9.17, 15) is 0 Å². The van der Waals surface area contributed by atoms with Gasteiger partial charge in [0, 0.05) is 37.0 Å². The van der Waals surface area contributed by atoms with Crippen LogP contribution in [0.2, 0.25) is 0 Å². The largest absolute Gasteiger partial charge is 0.373 e. The van der Waals surface area contributed by atoms with Crippen LogP contribution in [0.3, 0.4) is 0 Å². The summed E-state index contributed by atoms with van der Waals surface area (Å²) in [5.74, 6) is 1.62. The quantitative estimate of drug-likeness (QED) is 0.731. The number of nitrogens with zero attached hydrogens (tertiary/aromatic N) is 3. The fraction of sp³-hybridized carbons (Fsp3) is 0.188. The monoisotopic (exact) mass is 311 g/mol. The van der Waals surface area contributed by atoms with Crippen LogP contribution in [0, 0.1) is 0 Å². The molecule has 0 aliphatic carbocycles. The molecule has 2 heterocycles. The van der Waals surface area contributed by atoms with Gasteiger partial charge in [-0.15, -0.1) is 11.3 Å². The second-order valence-electron chi connectivity index (χ2n) is 4.73. The van der Waals surface area contributed by atoms with Crippen LogP contribution >= 0.6 is 11.3 Å². The molecule has 112 valence electrons. The first kappa shape index (κ1) is 14.5. The summed E-state index contributed by atoms with van der Waals surface area (Å²) in [5, 5.41) is 9.46. The predicted octanol–water partition coefficient (Wildman–Crippen LogP) is 3.30.